The maximum absolute atomic E-state index is 4.86. The van der Waals surface area contributed by atoms with Gasteiger partial charge >= 0.3 is 0 Å². The molecule has 0 aliphatic rings. The Balaban J connectivity index is 2.59. The van der Waals surface area contributed by atoms with E-state index >= 15 is 0 Å². The Labute approximate surface area is 59.2 Å². The lowest BCUT2D eigenvalue weighted by Crippen LogP contribution is -2.03. The molecule has 1 aromatic heterocycles. The predicted molar refractivity (Wildman–Crippen MR) is 35.8 cm³/mol. The average molecular weight is 142 g/mol. The van der Waals surface area contributed by atoms with E-state index < -0.39 is 0 Å². The topological polar surface area (TPSA) is 47.3 Å². The van der Waals surface area contributed by atoms with E-state index in [0.717, 1.165) is 5.76 Å². The summed E-state index contributed by atoms with van der Waals surface area (Å²) in [5.41, 5.74) is 0. The fourth-order valence-corrected chi connectivity index (χ4v) is 0.648. The fourth-order valence-electron chi connectivity index (χ4n) is 0.648. The second-order valence-corrected chi connectivity index (χ2v) is 1.87. The first kappa shape index (κ1) is 7.08. The number of ether oxygens (including phenoxy) is 1. The number of methoxy groups -OCH3 is 1. The van der Waals surface area contributed by atoms with Crippen molar-refractivity contribution < 1.29 is 9.26 Å². The number of nitrogens with one attached hydrogen (secondary N) is 1. The molecule has 1 N–H and O–H groups in total. The highest BCUT2D eigenvalue weighted by Gasteiger charge is 2.00. The number of aromatic nitrogens is 1. The molecule has 4 heteroatoms. The molecule has 0 aliphatic heterocycles. The minimum atomic E-state index is 0.519. The normalized spacial score (nSPS) is 9.80. The lowest BCUT2D eigenvalue weighted by molar-refractivity contribution is 0.324. The molecule has 0 fully saturated rings. The summed E-state index contributed by atoms with van der Waals surface area (Å²) in [6.45, 7) is 0.677. The molecule has 0 aliphatic carbocycles. The minimum absolute atomic E-state index is 0.519. The van der Waals surface area contributed by atoms with Crippen LogP contribution in [0.4, 0.5) is 0 Å². The zero-order chi connectivity index (χ0) is 7.40. The van der Waals surface area contributed by atoms with Crippen LogP contribution in [0.1, 0.15) is 5.76 Å². The number of hydrogen-bond donors (Lipinski definition) is 1. The van der Waals surface area contributed by atoms with Crippen LogP contribution in [0.3, 0.4) is 0 Å². The highest BCUT2D eigenvalue weighted by molar-refractivity contribution is 5.10. The Bertz CT molecular complexity index is 197. The summed E-state index contributed by atoms with van der Waals surface area (Å²) < 4.78 is 9.67. The van der Waals surface area contributed by atoms with Crippen LogP contribution in [0, 0.1) is 0 Å². The maximum atomic E-state index is 4.86. The van der Waals surface area contributed by atoms with Gasteiger partial charge in [0, 0.05) is 6.07 Å². The van der Waals surface area contributed by atoms with Crippen LogP contribution >= 0.6 is 0 Å². The lowest BCUT2D eigenvalue weighted by atomic mass is 10.4. The average Bonchev–Trinajstić information content (AvgIpc) is 2.37. The Hall–Kier alpha value is -1.03. The zero-order valence-corrected chi connectivity index (χ0v) is 6.05. The van der Waals surface area contributed by atoms with Crippen LogP contribution < -0.4 is 10.1 Å². The largest absolute Gasteiger partial charge is 0.479 e. The molecule has 1 rings (SSSR count). The second kappa shape index (κ2) is 3.22. The second-order valence-electron chi connectivity index (χ2n) is 1.87. The van der Waals surface area contributed by atoms with E-state index in [1.54, 1.807) is 13.2 Å². The van der Waals surface area contributed by atoms with Crippen LogP contribution in [0.25, 0.3) is 0 Å². The van der Waals surface area contributed by atoms with Crippen LogP contribution in [0.2, 0.25) is 0 Å². The van der Waals surface area contributed by atoms with Crippen molar-refractivity contribution in [3.63, 3.8) is 0 Å². The van der Waals surface area contributed by atoms with Crippen molar-refractivity contribution in [1.29, 1.82) is 0 Å². The van der Waals surface area contributed by atoms with Crippen molar-refractivity contribution in [2.45, 2.75) is 6.54 Å². The summed E-state index contributed by atoms with van der Waals surface area (Å²) >= 11 is 0. The van der Waals surface area contributed by atoms with Gasteiger partial charge in [0.25, 0.3) is 5.88 Å². The van der Waals surface area contributed by atoms with Crippen molar-refractivity contribution in [2.75, 3.05) is 14.2 Å². The van der Waals surface area contributed by atoms with E-state index in [-0.39, 0.29) is 0 Å². The van der Waals surface area contributed by atoms with Gasteiger partial charge in [0.1, 0.15) is 0 Å². The van der Waals surface area contributed by atoms with Crippen LogP contribution in [0.15, 0.2) is 10.6 Å². The van der Waals surface area contributed by atoms with Crippen LogP contribution in [-0.2, 0) is 6.54 Å². The predicted octanol–water partition coefficient (Wildman–Crippen LogP) is 0.403. The van der Waals surface area contributed by atoms with Gasteiger partial charge in [-0.05, 0) is 12.2 Å². The molecule has 0 radical (unpaired) electrons. The smallest absolute Gasteiger partial charge is 0.254 e. The Morgan fingerprint density at radius 1 is 1.80 bits per heavy atom. The van der Waals surface area contributed by atoms with Gasteiger partial charge in [-0.3, -0.25) is 0 Å². The molecule has 0 atom stereocenters. The quantitative estimate of drug-likeness (QED) is 0.663. The van der Waals surface area contributed by atoms with E-state index in [1.165, 1.54) is 0 Å². The SMILES string of the molecule is CNCc1cc(OC)no1. The monoisotopic (exact) mass is 142 g/mol. The molecular formula is C6H10N2O2. The van der Waals surface area contributed by atoms with Crippen molar-refractivity contribution >= 4 is 0 Å². The van der Waals surface area contributed by atoms with Gasteiger partial charge in [-0.25, -0.2) is 0 Å². The molecule has 0 unspecified atom stereocenters. The van der Waals surface area contributed by atoms with Gasteiger partial charge in [-0.2, -0.15) is 0 Å². The Kier molecular flexibility index (Phi) is 2.28. The van der Waals surface area contributed by atoms with Gasteiger partial charge in [0.15, 0.2) is 5.76 Å². The summed E-state index contributed by atoms with van der Waals surface area (Å²) in [5, 5.41) is 6.55. The molecule has 56 valence electrons. The summed E-state index contributed by atoms with van der Waals surface area (Å²) in [4.78, 5) is 0. The first-order chi connectivity index (χ1) is 4.86. The molecule has 0 bridgehead atoms. The van der Waals surface area contributed by atoms with Gasteiger partial charge < -0.3 is 14.6 Å². The molecule has 0 saturated carbocycles. The minimum Gasteiger partial charge on any atom is -0.479 e. The highest BCUT2D eigenvalue weighted by Crippen LogP contribution is 2.09. The van der Waals surface area contributed by atoms with Crippen molar-refractivity contribution in [3.8, 4) is 5.88 Å². The molecule has 10 heavy (non-hydrogen) atoms. The summed E-state index contributed by atoms with van der Waals surface area (Å²) in [6, 6.07) is 1.75. The highest BCUT2D eigenvalue weighted by atomic mass is 16.5. The molecule has 1 heterocycles. The van der Waals surface area contributed by atoms with E-state index in [9.17, 15) is 0 Å². The molecule has 0 spiro atoms. The zero-order valence-electron chi connectivity index (χ0n) is 6.05. The number of rotatable bonds is 3. The van der Waals surface area contributed by atoms with E-state index in [1.807, 2.05) is 7.05 Å². The van der Waals surface area contributed by atoms with Crippen LogP contribution in [-0.4, -0.2) is 19.3 Å². The molecule has 0 aromatic carbocycles. The fraction of sp³-hybridized carbons (Fsp3) is 0.500. The van der Waals surface area contributed by atoms with Gasteiger partial charge in [0.05, 0.1) is 13.7 Å². The van der Waals surface area contributed by atoms with Gasteiger partial charge in [0.2, 0.25) is 0 Å². The third-order valence-corrected chi connectivity index (χ3v) is 1.10. The summed E-state index contributed by atoms with van der Waals surface area (Å²) in [7, 11) is 3.40. The van der Waals surface area contributed by atoms with Crippen molar-refractivity contribution in [3.05, 3.63) is 11.8 Å². The first-order valence-electron chi connectivity index (χ1n) is 3.01. The Morgan fingerprint density at radius 3 is 3.10 bits per heavy atom. The first-order valence-corrected chi connectivity index (χ1v) is 3.01. The summed E-state index contributed by atoms with van der Waals surface area (Å²) in [6.07, 6.45) is 0. The van der Waals surface area contributed by atoms with Gasteiger partial charge in [-0.1, -0.05) is 0 Å². The van der Waals surface area contributed by atoms with Crippen molar-refractivity contribution in [2.24, 2.45) is 0 Å². The molecule has 0 saturated heterocycles. The maximum Gasteiger partial charge on any atom is 0.254 e. The van der Waals surface area contributed by atoms with E-state index in [2.05, 4.69) is 10.5 Å². The molecule has 1 aromatic rings. The van der Waals surface area contributed by atoms with E-state index in [0.29, 0.717) is 12.4 Å². The summed E-state index contributed by atoms with van der Waals surface area (Å²) in [5.74, 6) is 1.30. The third-order valence-electron chi connectivity index (χ3n) is 1.10. The molecule has 0 amide bonds. The standard InChI is InChI=1S/C6H10N2O2/c1-7-4-5-3-6(9-2)8-10-5/h3,7H,4H2,1-2H3. The lowest BCUT2D eigenvalue weighted by Gasteiger charge is -1.87. The number of nitrogens with zero attached hydrogens (tertiary/aromatic N) is 1. The third kappa shape index (κ3) is 1.48. The van der Waals surface area contributed by atoms with Gasteiger partial charge in [-0.15, -0.1) is 0 Å². The van der Waals surface area contributed by atoms with E-state index in [4.69, 9.17) is 9.26 Å². The molecule has 4 nitrogen and oxygen atoms in total. The van der Waals surface area contributed by atoms with Crippen molar-refractivity contribution in [1.82, 2.24) is 10.5 Å². The Morgan fingerprint density at radius 2 is 2.60 bits per heavy atom. The number of hydrogen-bond acceptors (Lipinski definition) is 4. The molecular weight excluding hydrogens is 132 g/mol. The van der Waals surface area contributed by atoms with Crippen LogP contribution in [0.5, 0.6) is 5.88 Å².